The minimum atomic E-state index is -4.87. The number of carbonyl (C=O) groups excluding carboxylic acids is 4. The second-order valence-electron chi connectivity index (χ2n) is 25.4. The van der Waals surface area contributed by atoms with Gasteiger partial charge in [0.05, 0.1) is 174 Å². The van der Waals surface area contributed by atoms with Crippen molar-refractivity contribution < 1.29 is 166 Å². The molecule has 35 nitrogen and oxygen atoms in total. The topological polar surface area (TPSA) is 493 Å². The highest BCUT2D eigenvalue weighted by Gasteiger charge is 2.41. The fourth-order valence-corrected chi connectivity index (χ4v) is 9.05. The van der Waals surface area contributed by atoms with E-state index in [0.717, 1.165) is 40.1 Å². The molecule has 102 heavy (non-hydrogen) atoms. The molecular weight excluding hydrogens is 1460 g/mol. The lowest BCUT2D eigenvalue weighted by Crippen LogP contribution is -2.46. The number of phosphoric acid groups is 4. The van der Waals surface area contributed by atoms with Crippen molar-refractivity contribution in [2.75, 3.05) is 192 Å². The van der Waals surface area contributed by atoms with Crippen molar-refractivity contribution in [2.24, 2.45) is 21.7 Å². The van der Waals surface area contributed by atoms with E-state index in [-0.39, 0.29) is 182 Å². The maximum Gasteiger partial charge on any atom is 0.469 e. The first-order valence-electron chi connectivity index (χ1n) is 30.8. The molecule has 0 fully saturated rings. The van der Waals surface area contributed by atoms with Crippen LogP contribution in [0.5, 0.6) is 0 Å². The van der Waals surface area contributed by atoms with Crippen molar-refractivity contribution in [1.82, 2.24) is 0 Å². The van der Waals surface area contributed by atoms with Crippen LogP contribution in [0.1, 0.15) is 76.2 Å². The van der Waals surface area contributed by atoms with Gasteiger partial charge in [-0.3, -0.25) is 46.4 Å². The monoisotopic (exact) mass is 1570 g/mol. The first-order valence-corrected chi connectivity index (χ1v) is 38.9. The van der Waals surface area contributed by atoms with Crippen LogP contribution in [0.4, 0.5) is 0 Å². The Hall–Kier alpha value is -3.03. The average Bonchev–Trinajstić information content (AvgIpc) is 0.861. The Kier molecular flexibility index (Phi) is 57.2. The highest BCUT2D eigenvalue weighted by Crippen LogP contribution is 2.43. The molecule has 0 bridgehead atoms. The van der Waals surface area contributed by atoms with Gasteiger partial charge in [0.15, 0.2) is 29.9 Å². The number of Topliss-reactive ketones (excluding diaryl/α,β-unsaturated/α-hetero) is 4. The molecule has 2 atom stereocenters. The van der Waals surface area contributed by atoms with Crippen molar-refractivity contribution in [3.8, 4) is 0 Å². The molecule has 0 aromatic rings. The van der Waals surface area contributed by atoms with Crippen LogP contribution in [0.15, 0.2) is 85.1 Å². The highest BCUT2D eigenvalue weighted by molar-refractivity contribution is 7.51. The maximum absolute atomic E-state index is 11.6. The van der Waals surface area contributed by atoms with Crippen LogP contribution in [0, 0.1) is 21.7 Å². The predicted octanol–water partition coefficient (Wildman–Crippen LogP) is 6.71. The Morgan fingerprint density at radius 2 is 0.392 bits per heavy atom. The van der Waals surface area contributed by atoms with E-state index in [9.17, 15) is 51.8 Å². The van der Waals surface area contributed by atoms with Crippen LogP contribution in [-0.2, 0) is 121 Å². The standard InChI is InChI=1S/C28H49O12P.C16H29O8P.C12H24O11P2.C6H13O4P/c1-22(2)9-34-14-27(15-35-10-23(3)4,16-37-12-25(7)29)19-39-20-28(17-36-11-24(5)6,18-38-13-26(8)30)21-40-41(31,32)33;1-13(2)6-21-9-16(10-22-7-14(3)4,11-23-8-15(5)17)12-24-25(18,19)20;1-10(2)4-20-6-12(7-21-5-11(3)13,8-22-24(14,15)16)9-23-25(17,18)19;1-6(2)4-9-5-10-11(3,7)8/h1,3,5,9-21H2,2,4,6-8H3,(H2,31,32,33);1,3,6-12H2,2,4-5H3,(H2,18,19,20);1,4-9H2,2-3H3,(H2,14,15,16)(H2,17,18,19);1,4-5H2,2-3H3,(H,7,8). The van der Waals surface area contributed by atoms with E-state index in [1.807, 2.05) is 13.8 Å². The lowest BCUT2D eigenvalue weighted by molar-refractivity contribution is -0.142. The number of phosphoric ester groups is 4. The highest BCUT2D eigenvalue weighted by atomic mass is 31.2. The molecule has 598 valence electrons. The van der Waals surface area contributed by atoms with Crippen molar-refractivity contribution in [3.63, 3.8) is 0 Å². The molecule has 0 aromatic heterocycles. The lowest BCUT2D eigenvalue weighted by Gasteiger charge is -2.36. The summed E-state index contributed by atoms with van der Waals surface area (Å²) in [5.41, 5.74) is 0.832. The summed E-state index contributed by atoms with van der Waals surface area (Å²) in [7, 11) is -22.7. The van der Waals surface area contributed by atoms with E-state index in [1.165, 1.54) is 27.7 Å². The Morgan fingerprint density at radius 1 is 0.245 bits per heavy atom. The van der Waals surface area contributed by atoms with E-state index in [4.69, 9.17) is 95.6 Å². The van der Waals surface area contributed by atoms with Gasteiger partial charge in [-0.25, -0.2) is 18.3 Å². The van der Waals surface area contributed by atoms with E-state index >= 15 is 0 Å². The van der Waals surface area contributed by atoms with Gasteiger partial charge in [0.1, 0.15) is 26.4 Å². The fourth-order valence-electron chi connectivity index (χ4n) is 7.01. The fraction of sp³-hybridized carbons (Fsp3) is 0.710. The molecule has 0 saturated carbocycles. The second kappa shape index (κ2) is 55.4. The average molecular weight is 1580 g/mol. The number of carbonyl (C=O) groups is 4. The van der Waals surface area contributed by atoms with Gasteiger partial charge in [0.2, 0.25) is 0 Å². The number of hydrogen-bond donors (Lipinski definition) is 9. The molecule has 40 heteroatoms. The third kappa shape index (κ3) is 72.5. The van der Waals surface area contributed by atoms with E-state index in [1.54, 1.807) is 34.6 Å². The van der Waals surface area contributed by atoms with Gasteiger partial charge in [-0.05, 0) is 76.2 Å². The van der Waals surface area contributed by atoms with E-state index in [2.05, 4.69) is 64.1 Å². The van der Waals surface area contributed by atoms with Gasteiger partial charge in [0, 0.05) is 6.66 Å². The van der Waals surface area contributed by atoms with Crippen LogP contribution in [0.3, 0.4) is 0 Å². The van der Waals surface area contributed by atoms with E-state index in [0.29, 0.717) is 12.2 Å². The Morgan fingerprint density at radius 3 is 0.549 bits per heavy atom. The van der Waals surface area contributed by atoms with Crippen molar-refractivity contribution in [1.29, 1.82) is 0 Å². The molecule has 0 rings (SSSR count). The zero-order valence-electron chi connectivity index (χ0n) is 61.1. The van der Waals surface area contributed by atoms with Crippen LogP contribution < -0.4 is 0 Å². The number of hydrogen-bond acceptors (Lipinski definition) is 26. The molecule has 0 aliphatic rings. The summed E-state index contributed by atoms with van der Waals surface area (Å²) in [6.45, 7) is 43.0. The minimum absolute atomic E-state index is 0.00212. The lowest BCUT2D eigenvalue weighted by atomic mass is 9.90. The number of ketones is 4. The quantitative estimate of drug-likeness (QED) is 0.0132. The van der Waals surface area contributed by atoms with Crippen molar-refractivity contribution in [2.45, 2.75) is 76.2 Å². The van der Waals surface area contributed by atoms with Crippen molar-refractivity contribution in [3.05, 3.63) is 85.1 Å². The van der Waals surface area contributed by atoms with Crippen LogP contribution >= 0.6 is 38.9 Å². The Balaban J connectivity index is -0.000000681. The largest absolute Gasteiger partial charge is 0.469 e. The van der Waals surface area contributed by atoms with Gasteiger partial charge in [0.25, 0.3) is 0 Å². The van der Waals surface area contributed by atoms with Crippen LogP contribution in [0.2, 0.25) is 0 Å². The molecule has 0 aliphatic carbocycles. The molecule has 0 radical (unpaired) electrons. The third-order valence-corrected chi connectivity index (χ3v) is 13.5. The molecule has 0 aromatic carbocycles. The summed E-state index contributed by atoms with van der Waals surface area (Å²) in [6.07, 6.45) is 0. The van der Waals surface area contributed by atoms with Crippen molar-refractivity contribution >= 4 is 62.0 Å². The van der Waals surface area contributed by atoms with Gasteiger partial charge in [-0.1, -0.05) is 85.1 Å². The summed E-state index contributed by atoms with van der Waals surface area (Å²) in [5, 5.41) is 0. The van der Waals surface area contributed by atoms with Crippen LogP contribution in [-0.4, -0.2) is 259 Å². The molecule has 0 heterocycles. The SMILES string of the molecule is C=C(C)COCC(COCC(=C)C)(COCC(C)=O)COCC(COCC(=C)C)(COCC(C)=O)COP(=O)(O)O.C=C(C)COCC(COCC(=C)C)(COCC(C)=O)COP(=O)(O)O.C=C(C)COCC(COCC(C)=O)(COP(=O)(O)O)COP(=O)(O)O.C=C(C)COCOP(C)(=O)O. The number of rotatable bonds is 61. The minimum Gasteiger partial charge on any atom is -0.380 e. The first kappa shape index (κ1) is 105. The molecule has 0 aliphatic heterocycles. The van der Waals surface area contributed by atoms with Gasteiger partial charge < -0.3 is 101 Å². The molecular formula is C62H115O35P5. The smallest absolute Gasteiger partial charge is 0.380 e. The zero-order valence-corrected chi connectivity index (χ0v) is 65.6. The molecule has 0 amide bonds. The van der Waals surface area contributed by atoms with Gasteiger partial charge >= 0.3 is 38.9 Å². The summed E-state index contributed by atoms with van der Waals surface area (Å²) in [4.78, 5) is 126. The summed E-state index contributed by atoms with van der Waals surface area (Å²) in [6, 6.07) is 0. The van der Waals surface area contributed by atoms with Gasteiger partial charge in [-0.15, -0.1) is 0 Å². The second-order valence-corrected chi connectivity index (χ2v) is 32.2. The maximum atomic E-state index is 11.6. The Labute approximate surface area is 600 Å². The summed E-state index contributed by atoms with van der Waals surface area (Å²) in [5.74, 6) is -0.875. The zero-order chi connectivity index (χ0) is 79.7. The van der Waals surface area contributed by atoms with E-state index < -0.39 is 80.4 Å². The summed E-state index contributed by atoms with van der Waals surface area (Å²) >= 11 is 0. The van der Waals surface area contributed by atoms with Gasteiger partial charge in [-0.2, -0.15) is 0 Å². The normalized spacial score (nSPS) is 13.3. The third-order valence-electron chi connectivity index (χ3n) is 11.1. The van der Waals surface area contributed by atoms with Crippen LogP contribution in [0.25, 0.3) is 0 Å². The number of ether oxygens (including phenoxy) is 12. The molecule has 0 saturated heterocycles. The summed E-state index contributed by atoms with van der Waals surface area (Å²) < 4.78 is 144. The molecule has 2 unspecified atom stereocenters. The molecule has 9 N–H and O–H groups in total. The first-order chi connectivity index (χ1) is 46.6. The molecule has 0 spiro atoms. The Bertz CT molecular complexity index is 2630. The predicted molar refractivity (Wildman–Crippen MR) is 375 cm³/mol.